The maximum atomic E-state index is 10.3. The molecule has 0 fully saturated rings. The number of nitrogens with one attached hydrogen (secondary N) is 1. The number of amides is 1. The highest BCUT2D eigenvalue weighted by atomic mass is 79.9. The summed E-state index contributed by atoms with van der Waals surface area (Å²) in [5.74, 6) is 0. The molecule has 0 aliphatic rings. The van der Waals surface area contributed by atoms with Crippen molar-refractivity contribution in [3.8, 4) is 0 Å². The first-order valence-corrected chi connectivity index (χ1v) is 4.53. The number of hydrogen-bond acceptors (Lipinski definition) is 1. The zero-order valence-electron chi connectivity index (χ0n) is 6.18. The summed E-state index contributed by atoms with van der Waals surface area (Å²) in [6.07, 6.45) is 0. The Balaban J connectivity index is 2.57. The van der Waals surface area contributed by atoms with Gasteiger partial charge in [-0.25, -0.2) is 0 Å². The number of halogens is 2. The van der Waals surface area contributed by atoms with Crippen LogP contribution in [0.1, 0.15) is 5.56 Å². The SMILES string of the molecule is O=C(Cl)NCc1cccc(Br)c1. The molecule has 0 radical (unpaired) electrons. The predicted molar refractivity (Wildman–Crippen MR) is 52.2 cm³/mol. The predicted octanol–water partition coefficient (Wildman–Crippen LogP) is 2.90. The molecule has 0 heterocycles. The monoisotopic (exact) mass is 247 g/mol. The lowest BCUT2D eigenvalue weighted by Crippen LogP contribution is -2.15. The van der Waals surface area contributed by atoms with E-state index in [1.54, 1.807) is 0 Å². The van der Waals surface area contributed by atoms with E-state index in [2.05, 4.69) is 21.2 Å². The minimum Gasteiger partial charge on any atom is -0.339 e. The Hall–Kier alpha value is -0.540. The Morgan fingerprint density at radius 2 is 2.33 bits per heavy atom. The van der Waals surface area contributed by atoms with Gasteiger partial charge in [0.05, 0.1) is 0 Å². The van der Waals surface area contributed by atoms with Gasteiger partial charge in [0.15, 0.2) is 0 Å². The Morgan fingerprint density at radius 3 is 2.92 bits per heavy atom. The highest BCUT2D eigenvalue weighted by Crippen LogP contribution is 2.11. The van der Waals surface area contributed by atoms with E-state index in [4.69, 9.17) is 11.6 Å². The molecule has 64 valence electrons. The van der Waals surface area contributed by atoms with E-state index in [-0.39, 0.29) is 0 Å². The molecule has 0 aromatic heterocycles. The van der Waals surface area contributed by atoms with Crippen LogP contribution in [0.4, 0.5) is 4.79 Å². The van der Waals surface area contributed by atoms with Crippen LogP contribution in [0.15, 0.2) is 28.7 Å². The van der Waals surface area contributed by atoms with Crippen LogP contribution in [0.2, 0.25) is 0 Å². The molecular weight excluding hydrogens is 241 g/mol. The average molecular weight is 249 g/mol. The zero-order valence-corrected chi connectivity index (χ0v) is 8.52. The summed E-state index contributed by atoms with van der Waals surface area (Å²) in [5.41, 5.74) is 1.01. The molecule has 1 rings (SSSR count). The fourth-order valence-corrected chi connectivity index (χ4v) is 1.33. The zero-order chi connectivity index (χ0) is 8.97. The van der Waals surface area contributed by atoms with Gasteiger partial charge in [-0.2, -0.15) is 0 Å². The van der Waals surface area contributed by atoms with Crippen LogP contribution < -0.4 is 5.32 Å². The normalized spacial score (nSPS) is 9.50. The molecule has 1 aromatic carbocycles. The minimum atomic E-state index is -0.532. The van der Waals surface area contributed by atoms with Crippen LogP contribution in [0.5, 0.6) is 0 Å². The summed E-state index contributed by atoms with van der Waals surface area (Å²) < 4.78 is 0.990. The molecule has 1 amide bonds. The van der Waals surface area contributed by atoms with Crippen LogP contribution in [0.3, 0.4) is 0 Å². The van der Waals surface area contributed by atoms with Crippen LogP contribution in [0.25, 0.3) is 0 Å². The minimum absolute atomic E-state index is 0.460. The third-order valence-electron chi connectivity index (χ3n) is 1.32. The second-order valence-corrected chi connectivity index (χ2v) is 3.52. The molecule has 0 saturated heterocycles. The van der Waals surface area contributed by atoms with Crippen molar-refractivity contribution in [3.63, 3.8) is 0 Å². The van der Waals surface area contributed by atoms with Crippen molar-refractivity contribution in [2.75, 3.05) is 0 Å². The topological polar surface area (TPSA) is 29.1 Å². The van der Waals surface area contributed by atoms with Crippen LogP contribution in [-0.4, -0.2) is 5.37 Å². The smallest absolute Gasteiger partial charge is 0.314 e. The first-order valence-electron chi connectivity index (χ1n) is 3.36. The lowest BCUT2D eigenvalue weighted by molar-refractivity contribution is 0.259. The number of benzene rings is 1. The quantitative estimate of drug-likeness (QED) is 0.633. The van der Waals surface area contributed by atoms with Gasteiger partial charge in [0, 0.05) is 11.0 Å². The summed E-state index contributed by atoms with van der Waals surface area (Å²) in [4.78, 5) is 10.3. The molecular formula is C8H7BrClNO. The maximum Gasteiger partial charge on any atom is 0.314 e. The van der Waals surface area contributed by atoms with E-state index in [1.165, 1.54) is 0 Å². The van der Waals surface area contributed by atoms with Crippen LogP contribution in [-0.2, 0) is 6.54 Å². The fourth-order valence-electron chi connectivity index (χ4n) is 0.818. The van der Waals surface area contributed by atoms with Gasteiger partial charge in [-0.05, 0) is 29.3 Å². The van der Waals surface area contributed by atoms with E-state index in [0.717, 1.165) is 10.0 Å². The molecule has 0 atom stereocenters. The van der Waals surface area contributed by atoms with Gasteiger partial charge in [-0.3, -0.25) is 4.79 Å². The van der Waals surface area contributed by atoms with Crippen molar-refractivity contribution in [1.82, 2.24) is 5.32 Å². The van der Waals surface area contributed by atoms with Crippen molar-refractivity contribution in [1.29, 1.82) is 0 Å². The lowest BCUT2D eigenvalue weighted by atomic mass is 10.2. The number of rotatable bonds is 2. The van der Waals surface area contributed by atoms with Crippen LogP contribution >= 0.6 is 27.5 Å². The molecule has 0 unspecified atom stereocenters. The Labute approximate surface area is 84.0 Å². The summed E-state index contributed by atoms with van der Waals surface area (Å²) in [7, 11) is 0. The molecule has 4 heteroatoms. The summed E-state index contributed by atoms with van der Waals surface area (Å²) in [6.45, 7) is 0.460. The van der Waals surface area contributed by atoms with Crippen molar-refractivity contribution < 1.29 is 4.79 Å². The molecule has 0 aliphatic carbocycles. The molecule has 2 nitrogen and oxygen atoms in total. The van der Waals surface area contributed by atoms with Crippen molar-refractivity contribution in [2.45, 2.75) is 6.54 Å². The first-order chi connectivity index (χ1) is 5.68. The molecule has 1 aromatic rings. The van der Waals surface area contributed by atoms with E-state index in [1.807, 2.05) is 24.3 Å². The van der Waals surface area contributed by atoms with Gasteiger partial charge in [0.1, 0.15) is 0 Å². The van der Waals surface area contributed by atoms with Crippen molar-refractivity contribution in [2.24, 2.45) is 0 Å². The highest BCUT2D eigenvalue weighted by molar-refractivity contribution is 9.10. The highest BCUT2D eigenvalue weighted by Gasteiger charge is 1.95. The van der Waals surface area contributed by atoms with Gasteiger partial charge in [-0.15, -0.1) is 0 Å². The Bertz CT molecular complexity index is 290. The molecule has 1 N–H and O–H groups in total. The van der Waals surface area contributed by atoms with E-state index >= 15 is 0 Å². The largest absolute Gasteiger partial charge is 0.339 e. The van der Waals surface area contributed by atoms with Gasteiger partial charge < -0.3 is 5.32 Å². The summed E-state index contributed by atoms with van der Waals surface area (Å²) >= 11 is 8.43. The third kappa shape index (κ3) is 3.24. The average Bonchev–Trinajstić information content (AvgIpc) is 2.01. The van der Waals surface area contributed by atoms with Crippen molar-refractivity contribution in [3.05, 3.63) is 34.3 Å². The standard InChI is InChI=1S/C8H7BrClNO/c9-7-3-1-2-6(4-7)5-11-8(10)12/h1-4H,5H2,(H,11,12). The molecule has 0 spiro atoms. The molecule has 0 aliphatic heterocycles. The Kier molecular flexibility index (Phi) is 3.56. The lowest BCUT2D eigenvalue weighted by Gasteiger charge is -2.00. The molecule has 0 bridgehead atoms. The summed E-state index contributed by atoms with van der Waals surface area (Å²) in [6, 6.07) is 7.66. The summed E-state index contributed by atoms with van der Waals surface area (Å²) in [5, 5.41) is 1.96. The van der Waals surface area contributed by atoms with E-state index in [0.29, 0.717) is 6.54 Å². The second-order valence-electron chi connectivity index (χ2n) is 2.26. The van der Waals surface area contributed by atoms with Gasteiger partial charge >= 0.3 is 5.37 Å². The fraction of sp³-hybridized carbons (Fsp3) is 0.125. The number of carbonyl (C=O) groups excluding carboxylic acids is 1. The number of carbonyl (C=O) groups is 1. The first kappa shape index (κ1) is 9.55. The molecule has 0 saturated carbocycles. The number of hydrogen-bond donors (Lipinski definition) is 1. The van der Waals surface area contributed by atoms with Gasteiger partial charge in [0.2, 0.25) is 0 Å². The van der Waals surface area contributed by atoms with E-state index < -0.39 is 5.37 Å². The van der Waals surface area contributed by atoms with Crippen molar-refractivity contribution >= 4 is 32.9 Å². The van der Waals surface area contributed by atoms with E-state index in [9.17, 15) is 4.79 Å². The van der Waals surface area contributed by atoms with Gasteiger partial charge in [0.25, 0.3) is 0 Å². The third-order valence-corrected chi connectivity index (χ3v) is 1.95. The van der Waals surface area contributed by atoms with Crippen LogP contribution in [0, 0.1) is 0 Å². The molecule has 12 heavy (non-hydrogen) atoms. The Morgan fingerprint density at radius 1 is 1.58 bits per heavy atom. The second kappa shape index (κ2) is 4.48. The maximum absolute atomic E-state index is 10.3. The van der Waals surface area contributed by atoms with Gasteiger partial charge in [-0.1, -0.05) is 28.1 Å².